The van der Waals surface area contributed by atoms with Crippen LogP contribution in [0.25, 0.3) is 0 Å². The fraction of sp³-hybridized carbons (Fsp3) is 0.417. The van der Waals surface area contributed by atoms with Crippen LogP contribution in [0, 0.1) is 0 Å². The van der Waals surface area contributed by atoms with Crippen LogP contribution in [0.1, 0.15) is 19.8 Å². The number of hydrogen-bond acceptors (Lipinski definition) is 5. The highest BCUT2D eigenvalue weighted by molar-refractivity contribution is 8.01. The number of rotatable bonds is 2. The molecule has 0 aromatic carbocycles. The lowest BCUT2D eigenvalue weighted by atomic mass is 10.1. The molecule has 1 aromatic rings. The first-order valence-corrected chi connectivity index (χ1v) is 7.74. The van der Waals surface area contributed by atoms with Gasteiger partial charge < -0.3 is 4.74 Å². The van der Waals surface area contributed by atoms with Crippen molar-refractivity contribution in [1.82, 2.24) is 4.98 Å². The summed E-state index contributed by atoms with van der Waals surface area (Å²) in [7, 11) is 0. The van der Waals surface area contributed by atoms with Gasteiger partial charge >= 0.3 is 11.9 Å². The van der Waals surface area contributed by atoms with Gasteiger partial charge in [0.15, 0.2) is 0 Å². The summed E-state index contributed by atoms with van der Waals surface area (Å²) >= 11 is 13.5. The highest BCUT2D eigenvalue weighted by Crippen LogP contribution is 2.52. The second-order valence-corrected chi connectivity index (χ2v) is 6.69. The van der Waals surface area contributed by atoms with Gasteiger partial charge in [0.2, 0.25) is 5.72 Å². The van der Waals surface area contributed by atoms with E-state index < -0.39 is 22.3 Å². The van der Waals surface area contributed by atoms with Gasteiger partial charge in [-0.25, -0.2) is 9.78 Å². The molecule has 0 radical (unpaired) electrons. The molecule has 1 fully saturated rings. The summed E-state index contributed by atoms with van der Waals surface area (Å²) in [6.45, 7) is 1.94. The topological polar surface area (TPSA) is 59.5 Å². The highest BCUT2D eigenvalue weighted by atomic mass is 35.5. The Morgan fingerprint density at radius 2 is 2.25 bits per heavy atom. The van der Waals surface area contributed by atoms with Gasteiger partial charge in [-0.1, -0.05) is 36.7 Å². The number of carbonyl (C=O) groups excluding carboxylic acids is 2. The number of alkyl halides is 1. The van der Waals surface area contributed by atoms with E-state index in [0.29, 0.717) is 22.3 Å². The SMILES string of the molecule is CCCC12OC(=O)C(=O)N1c1ccc(Cl)nc1SC2Cl. The van der Waals surface area contributed by atoms with Gasteiger partial charge in [-0.2, -0.15) is 0 Å². The van der Waals surface area contributed by atoms with Gasteiger partial charge in [-0.3, -0.25) is 9.69 Å². The zero-order chi connectivity index (χ0) is 14.5. The Kier molecular flexibility index (Phi) is 3.35. The van der Waals surface area contributed by atoms with E-state index in [4.69, 9.17) is 27.9 Å². The number of anilines is 1. The van der Waals surface area contributed by atoms with Crippen LogP contribution in [0.5, 0.6) is 0 Å². The summed E-state index contributed by atoms with van der Waals surface area (Å²) in [5, 5.41) is 0.831. The van der Waals surface area contributed by atoms with Crippen LogP contribution in [-0.2, 0) is 14.3 Å². The quantitative estimate of drug-likeness (QED) is 0.360. The van der Waals surface area contributed by atoms with Crippen molar-refractivity contribution < 1.29 is 14.3 Å². The lowest BCUT2D eigenvalue weighted by Crippen LogP contribution is -2.54. The third-order valence-corrected chi connectivity index (χ3v) is 5.17. The second kappa shape index (κ2) is 4.79. The second-order valence-electron chi connectivity index (χ2n) is 4.52. The van der Waals surface area contributed by atoms with E-state index in [9.17, 15) is 9.59 Å². The average molecular weight is 333 g/mol. The van der Waals surface area contributed by atoms with E-state index in [1.807, 2.05) is 6.92 Å². The van der Waals surface area contributed by atoms with E-state index >= 15 is 0 Å². The molecule has 0 N–H and O–H groups in total. The van der Waals surface area contributed by atoms with Gasteiger partial charge in [0, 0.05) is 6.42 Å². The molecule has 0 aliphatic carbocycles. The van der Waals surface area contributed by atoms with Crippen molar-refractivity contribution in [3.63, 3.8) is 0 Å². The number of thioether (sulfide) groups is 1. The van der Waals surface area contributed by atoms with E-state index in [1.54, 1.807) is 12.1 Å². The number of pyridine rings is 1. The Bertz CT molecular complexity index is 612. The van der Waals surface area contributed by atoms with E-state index in [2.05, 4.69) is 4.98 Å². The number of aromatic nitrogens is 1. The van der Waals surface area contributed by atoms with Crippen LogP contribution >= 0.6 is 35.0 Å². The molecule has 2 atom stereocenters. The molecule has 0 saturated carbocycles. The van der Waals surface area contributed by atoms with Crippen LogP contribution in [0.2, 0.25) is 5.15 Å². The maximum absolute atomic E-state index is 12.1. The Morgan fingerprint density at radius 1 is 1.50 bits per heavy atom. The predicted octanol–water partition coefficient (Wildman–Crippen LogP) is 2.79. The van der Waals surface area contributed by atoms with E-state index in [1.165, 1.54) is 16.7 Å². The van der Waals surface area contributed by atoms with Gasteiger partial charge in [-0.05, 0) is 12.1 Å². The molecule has 2 aliphatic rings. The first-order chi connectivity index (χ1) is 9.49. The minimum absolute atomic E-state index is 0.307. The molecule has 3 heterocycles. The number of hydrogen-bond donors (Lipinski definition) is 0. The molecular formula is C12H10Cl2N2O3S. The summed E-state index contributed by atoms with van der Waals surface area (Å²) in [5.74, 6) is -1.60. The van der Waals surface area contributed by atoms with Gasteiger partial charge in [0.25, 0.3) is 0 Å². The van der Waals surface area contributed by atoms with Gasteiger partial charge in [-0.15, -0.1) is 11.6 Å². The van der Waals surface area contributed by atoms with Gasteiger partial charge in [0.1, 0.15) is 14.9 Å². The van der Waals surface area contributed by atoms with E-state index in [0.717, 1.165) is 6.42 Å². The van der Waals surface area contributed by atoms with E-state index in [-0.39, 0.29) is 0 Å². The molecule has 3 rings (SSSR count). The minimum atomic E-state index is -1.14. The monoisotopic (exact) mass is 332 g/mol. The van der Waals surface area contributed by atoms with Crippen molar-refractivity contribution in [2.24, 2.45) is 0 Å². The number of amides is 1. The summed E-state index contributed by atoms with van der Waals surface area (Å²) < 4.78 is 4.70. The molecule has 2 aliphatic heterocycles. The normalized spacial score (nSPS) is 28.1. The Balaban J connectivity index is 2.18. The fourth-order valence-corrected chi connectivity index (χ4v) is 4.25. The lowest BCUT2D eigenvalue weighted by molar-refractivity contribution is -0.153. The van der Waals surface area contributed by atoms with Crippen LogP contribution in [0.3, 0.4) is 0 Å². The number of carbonyl (C=O) groups is 2. The maximum atomic E-state index is 12.1. The Labute approximate surface area is 129 Å². The summed E-state index contributed by atoms with van der Waals surface area (Å²) in [5.41, 5.74) is -0.627. The smallest absolute Gasteiger partial charge is 0.399 e. The molecule has 1 saturated heterocycles. The number of halogens is 2. The lowest BCUT2D eigenvalue weighted by Gasteiger charge is -2.42. The molecule has 2 unspecified atom stereocenters. The third kappa shape index (κ3) is 1.82. The zero-order valence-corrected chi connectivity index (χ0v) is 12.8. The van der Waals surface area contributed by atoms with Crippen molar-refractivity contribution in [3.05, 3.63) is 17.3 Å². The van der Waals surface area contributed by atoms with Crippen molar-refractivity contribution in [1.29, 1.82) is 0 Å². The van der Waals surface area contributed by atoms with Crippen LogP contribution < -0.4 is 4.90 Å². The predicted molar refractivity (Wildman–Crippen MR) is 76.0 cm³/mol. The molecule has 8 heteroatoms. The summed E-state index contributed by atoms with van der Waals surface area (Å²) in [6, 6.07) is 3.23. The minimum Gasteiger partial charge on any atom is -0.429 e. The number of esters is 1. The molecule has 20 heavy (non-hydrogen) atoms. The first kappa shape index (κ1) is 14.0. The van der Waals surface area contributed by atoms with Crippen molar-refractivity contribution >= 4 is 52.5 Å². The Morgan fingerprint density at radius 3 is 2.95 bits per heavy atom. The molecule has 5 nitrogen and oxygen atoms in total. The zero-order valence-electron chi connectivity index (χ0n) is 10.4. The highest BCUT2D eigenvalue weighted by Gasteiger charge is 2.60. The molecule has 106 valence electrons. The fourth-order valence-electron chi connectivity index (χ4n) is 2.47. The van der Waals surface area contributed by atoms with Crippen LogP contribution in [-0.4, -0.2) is 27.3 Å². The van der Waals surface area contributed by atoms with Crippen LogP contribution in [0.15, 0.2) is 17.2 Å². The van der Waals surface area contributed by atoms with Crippen molar-refractivity contribution in [2.75, 3.05) is 4.90 Å². The first-order valence-electron chi connectivity index (χ1n) is 6.04. The largest absolute Gasteiger partial charge is 0.429 e. The maximum Gasteiger partial charge on any atom is 0.399 e. The molecule has 1 amide bonds. The standard InChI is InChI=1S/C12H10Cl2N2O3S/c1-2-5-12-11(14)20-8-6(3-4-7(13)15-8)16(12)9(17)10(18)19-12/h3-4,11H,2,5H2,1H3. The number of nitrogens with zero attached hydrogens (tertiary/aromatic N) is 2. The van der Waals surface area contributed by atoms with Crippen LogP contribution in [0.4, 0.5) is 5.69 Å². The molecular weight excluding hydrogens is 323 g/mol. The van der Waals surface area contributed by atoms with Crippen molar-refractivity contribution in [2.45, 2.75) is 35.2 Å². The summed E-state index contributed by atoms with van der Waals surface area (Å²) in [6.07, 6.45) is 1.19. The number of ether oxygens (including phenoxy) is 1. The number of fused-ring (bicyclic) bond motifs is 3. The molecule has 1 aromatic heterocycles. The van der Waals surface area contributed by atoms with Gasteiger partial charge in [0.05, 0.1) is 5.69 Å². The molecule has 0 bridgehead atoms. The Hall–Kier alpha value is -0.980. The molecule has 0 spiro atoms. The van der Waals surface area contributed by atoms with Crippen molar-refractivity contribution in [3.8, 4) is 0 Å². The summed E-state index contributed by atoms with van der Waals surface area (Å²) in [4.78, 5) is 29.3. The average Bonchev–Trinajstić information content (AvgIpc) is 2.64. The third-order valence-electron chi connectivity index (χ3n) is 3.25.